The molecule has 13 rings (SSSR count). The van der Waals surface area contributed by atoms with E-state index in [0.29, 0.717) is 29.3 Å². The lowest BCUT2D eigenvalue weighted by molar-refractivity contribution is 0.517. The molecular formula is C57H41N5. The monoisotopic (exact) mass is 795 g/mol. The summed E-state index contributed by atoms with van der Waals surface area (Å²) in [6.07, 6.45) is 21.4. The van der Waals surface area contributed by atoms with E-state index in [1.54, 1.807) is 0 Å². The Labute approximate surface area is 360 Å². The van der Waals surface area contributed by atoms with Crippen molar-refractivity contribution in [3.63, 3.8) is 0 Å². The smallest absolute Gasteiger partial charge is 0.164 e. The molecule has 0 spiro atoms. The fraction of sp³-hybridized carbons (Fsp3) is 0.105. The maximum Gasteiger partial charge on any atom is 0.164 e. The van der Waals surface area contributed by atoms with Crippen molar-refractivity contribution < 1.29 is 0 Å². The molecule has 0 N–H and O–H groups in total. The van der Waals surface area contributed by atoms with Crippen LogP contribution in [0.5, 0.6) is 0 Å². The van der Waals surface area contributed by atoms with Crippen LogP contribution < -0.4 is 4.90 Å². The highest BCUT2D eigenvalue weighted by Gasteiger charge is 2.42. The fourth-order valence-electron chi connectivity index (χ4n) is 10.8. The average Bonchev–Trinajstić information content (AvgIpc) is 3.87. The van der Waals surface area contributed by atoms with E-state index in [9.17, 15) is 0 Å². The minimum atomic E-state index is 0.102. The van der Waals surface area contributed by atoms with Crippen LogP contribution in [-0.2, 0) is 0 Å². The molecule has 0 radical (unpaired) electrons. The standard InChI is InChI=1S/C57H41N5/c1-3-17-38(18-4-1)55-58-56(40-28-27-36-15-7-8-19-39(36)35-40)60-57(59-55)45-30-33-49(44-24-12-11-23-43(44)45)62-48-26-14-13-25-46(48)53-51(62)34-31-47-52-42-22-10-9-16-37(42)29-32-50(52)61(54(47)53)41-20-5-2-6-21-41/h1-8,10-15,17-35,37,42,46,48H,9,16H2. The molecule has 7 aromatic carbocycles. The van der Waals surface area contributed by atoms with Crippen molar-refractivity contribution in [1.82, 2.24) is 19.5 Å². The van der Waals surface area contributed by atoms with E-state index in [4.69, 9.17) is 15.0 Å². The molecule has 3 aliphatic carbocycles. The van der Waals surface area contributed by atoms with E-state index in [2.05, 4.69) is 192 Å². The lowest BCUT2D eigenvalue weighted by Gasteiger charge is -2.30. The molecular weight excluding hydrogens is 755 g/mol. The molecule has 0 bridgehead atoms. The van der Waals surface area contributed by atoms with Gasteiger partial charge in [0.15, 0.2) is 17.5 Å². The van der Waals surface area contributed by atoms with Gasteiger partial charge < -0.3 is 9.47 Å². The molecule has 5 nitrogen and oxygen atoms in total. The van der Waals surface area contributed by atoms with Crippen molar-refractivity contribution in [2.45, 2.75) is 30.7 Å². The highest BCUT2D eigenvalue weighted by molar-refractivity contribution is 6.07. The Morgan fingerprint density at radius 3 is 2.10 bits per heavy atom. The van der Waals surface area contributed by atoms with Gasteiger partial charge in [-0.3, -0.25) is 0 Å². The van der Waals surface area contributed by atoms with Crippen LogP contribution in [-0.4, -0.2) is 25.6 Å². The molecule has 1 aliphatic heterocycles. The summed E-state index contributed by atoms with van der Waals surface area (Å²) in [6, 6.07) is 54.3. The van der Waals surface area contributed by atoms with Gasteiger partial charge in [-0.25, -0.2) is 15.0 Å². The molecule has 4 unspecified atom stereocenters. The first kappa shape index (κ1) is 35.2. The van der Waals surface area contributed by atoms with Gasteiger partial charge in [0.05, 0.1) is 17.3 Å². The molecule has 62 heavy (non-hydrogen) atoms. The molecule has 5 heteroatoms. The molecule has 0 fully saturated rings. The first-order chi connectivity index (χ1) is 30.8. The molecule has 294 valence electrons. The summed E-state index contributed by atoms with van der Waals surface area (Å²) >= 11 is 0. The van der Waals surface area contributed by atoms with Crippen LogP contribution in [0.25, 0.3) is 78.4 Å². The molecule has 4 aliphatic rings. The minimum absolute atomic E-state index is 0.102. The lowest BCUT2D eigenvalue weighted by atomic mass is 9.75. The Balaban J connectivity index is 1.02. The number of aromatic nitrogens is 4. The fourth-order valence-corrected chi connectivity index (χ4v) is 10.8. The Kier molecular flexibility index (Phi) is 7.92. The van der Waals surface area contributed by atoms with E-state index in [0.717, 1.165) is 39.3 Å². The number of allylic oxidation sites excluding steroid dienone is 5. The second-order valence-electron chi connectivity index (χ2n) is 17.0. The molecule has 2 aromatic heterocycles. The highest BCUT2D eigenvalue weighted by atomic mass is 15.2. The van der Waals surface area contributed by atoms with E-state index >= 15 is 0 Å². The van der Waals surface area contributed by atoms with Crippen LogP contribution in [0.15, 0.2) is 194 Å². The number of para-hydroxylation sites is 1. The Morgan fingerprint density at radius 2 is 1.23 bits per heavy atom. The van der Waals surface area contributed by atoms with Crippen molar-refractivity contribution in [3.8, 4) is 39.9 Å². The van der Waals surface area contributed by atoms with Gasteiger partial charge in [-0.05, 0) is 83.0 Å². The van der Waals surface area contributed by atoms with Gasteiger partial charge in [-0.1, -0.05) is 158 Å². The zero-order valence-electron chi connectivity index (χ0n) is 34.0. The van der Waals surface area contributed by atoms with Gasteiger partial charge in [-0.2, -0.15) is 0 Å². The largest absolute Gasteiger partial charge is 0.333 e. The van der Waals surface area contributed by atoms with E-state index in [1.165, 1.54) is 56.6 Å². The van der Waals surface area contributed by atoms with Gasteiger partial charge in [0, 0.05) is 61.9 Å². The lowest BCUT2D eigenvalue weighted by Crippen LogP contribution is -2.28. The Hall–Kier alpha value is -7.63. The molecule has 3 heterocycles. The summed E-state index contributed by atoms with van der Waals surface area (Å²) in [5.74, 6) is 3.03. The zero-order valence-corrected chi connectivity index (χ0v) is 34.0. The van der Waals surface area contributed by atoms with Gasteiger partial charge in [0.25, 0.3) is 0 Å². The predicted molar refractivity (Wildman–Crippen MR) is 255 cm³/mol. The van der Waals surface area contributed by atoms with Crippen LogP contribution in [0.1, 0.15) is 41.5 Å². The van der Waals surface area contributed by atoms with Crippen LogP contribution in [0.2, 0.25) is 0 Å². The number of fused-ring (bicyclic) bond motifs is 11. The topological polar surface area (TPSA) is 46.8 Å². The second-order valence-corrected chi connectivity index (χ2v) is 17.0. The first-order valence-corrected chi connectivity index (χ1v) is 21.9. The number of nitrogens with zero attached hydrogens (tertiary/aromatic N) is 5. The summed E-state index contributed by atoms with van der Waals surface area (Å²) in [7, 11) is 0. The van der Waals surface area contributed by atoms with Crippen molar-refractivity contribution in [1.29, 1.82) is 0 Å². The average molecular weight is 796 g/mol. The first-order valence-electron chi connectivity index (χ1n) is 21.9. The number of hydrogen-bond donors (Lipinski definition) is 0. The van der Waals surface area contributed by atoms with Crippen molar-refractivity contribution in [2.75, 3.05) is 4.90 Å². The summed E-state index contributed by atoms with van der Waals surface area (Å²) in [5, 5.41) is 5.96. The van der Waals surface area contributed by atoms with Crippen molar-refractivity contribution in [3.05, 3.63) is 211 Å². The van der Waals surface area contributed by atoms with Gasteiger partial charge in [-0.15, -0.1) is 0 Å². The van der Waals surface area contributed by atoms with Crippen molar-refractivity contribution >= 4 is 49.9 Å². The maximum atomic E-state index is 5.25. The molecule has 4 atom stereocenters. The SMILES string of the molecule is C1=CC2c3c(ccc4c5c(n(-c6ccccc6)c34)C=CC3CCC=CC53)N(c3ccc(-c4nc(-c5ccccc5)nc(-c5ccc6ccccc6c5)n4)c4ccccc34)C2C=C1. The van der Waals surface area contributed by atoms with Crippen LogP contribution >= 0.6 is 0 Å². The second kappa shape index (κ2) is 14.0. The Bertz CT molecular complexity index is 3390. The third-order valence-corrected chi connectivity index (χ3v) is 13.6. The molecule has 0 saturated heterocycles. The third kappa shape index (κ3) is 5.37. The molecule has 0 saturated carbocycles. The summed E-state index contributed by atoms with van der Waals surface area (Å²) in [4.78, 5) is 18.1. The normalized spacial score (nSPS) is 19.5. The van der Waals surface area contributed by atoms with Crippen LogP contribution in [0, 0.1) is 5.92 Å². The van der Waals surface area contributed by atoms with Crippen molar-refractivity contribution in [2.24, 2.45) is 5.92 Å². The predicted octanol–water partition coefficient (Wildman–Crippen LogP) is 13.9. The quantitative estimate of drug-likeness (QED) is 0.163. The van der Waals surface area contributed by atoms with Gasteiger partial charge in [0.2, 0.25) is 0 Å². The number of rotatable bonds is 5. The molecule has 9 aromatic rings. The van der Waals surface area contributed by atoms with Gasteiger partial charge in [0.1, 0.15) is 0 Å². The van der Waals surface area contributed by atoms with E-state index < -0.39 is 0 Å². The Morgan fingerprint density at radius 1 is 0.500 bits per heavy atom. The number of benzene rings is 7. The van der Waals surface area contributed by atoms with E-state index in [1.807, 2.05) is 18.2 Å². The van der Waals surface area contributed by atoms with E-state index in [-0.39, 0.29) is 12.0 Å². The zero-order chi connectivity index (χ0) is 40.7. The number of anilines is 2. The summed E-state index contributed by atoms with van der Waals surface area (Å²) in [6.45, 7) is 0. The highest BCUT2D eigenvalue weighted by Crippen LogP contribution is 2.55. The minimum Gasteiger partial charge on any atom is -0.333 e. The third-order valence-electron chi connectivity index (χ3n) is 13.6. The van der Waals surface area contributed by atoms with Crippen LogP contribution in [0.4, 0.5) is 11.4 Å². The maximum absolute atomic E-state index is 5.25. The summed E-state index contributed by atoms with van der Waals surface area (Å²) in [5.41, 5.74) is 12.0. The molecule has 0 amide bonds. The van der Waals surface area contributed by atoms with Crippen LogP contribution in [0.3, 0.4) is 0 Å². The summed E-state index contributed by atoms with van der Waals surface area (Å²) < 4.78 is 2.56. The van der Waals surface area contributed by atoms with Gasteiger partial charge >= 0.3 is 0 Å². The number of hydrogen-bond acceptors (Lipinski definition) is 4.